The van der Waals surface area contributed by atoms with Crippen molar-refractivity contribution in [1.29, 1.82) is 0 Å². The lowest BCUT2D eigenvalue weighted by molar-refractivity contribution is 0.505. The molecule has 0 bridgehead atoms. The number of nitrogens with zero attached hydrogens (tertiary/aromatic N) is 3. The van der Waals surface area contributed by atoms with Crippen molar-refractivity contribution in [1.82, 2.24) is 14.8 Å². The zero-order valence-electron chi connectivity index (χ0n) is 6.99. The van der Waals surface area contributed by atoms with Crippen LogP contribution in [0.3, 0.4) is 0 Å². The lowest BCUT2D eigenvalue weighted by Crippen LogP contribution is -2.12. The molecule has 0 unspecified atom stereocenters. The highest BCUT2D eigenvalue weighted by Crippen LogP contribution is 2.04. The summed E-state index contributed by atoms with van der Waals surface area (Å²) in [5.41, 5.74) is 5.41. The molecule has 1 heterocycles. The Labute approximate surface area is 66.4 Å². The van der Waals surface area contributed by atoms with E-state index in [1.54, 1.807) is 6.33 Å². The van der Waals surface area contributed by atoms with Gasteiger partial charge in [0.2, 0.25) is 0 Å². The summed E-state index contributed by atoms with van der Waals surface area (Å²) >= 11 is 0. The van der Waals surface area contributed by atoms with Crippen molar-refractivity contribution in [2.75, 3.05) is 6.54 Å². The zero-order chi connectivity index (χ0) is 8.27. The molecule has 0 amide bonds. The molecule has 0 aliphatic carbocycles. The molecule has 0 spiro atoms. The molecule has 0 fully saturated rings. The monoisotopic (exact) mass is 154 g/mol. The largest absolute Gasteiger partial charge is 0.330 e. The molecule has 4 heteroatoms. The highest BCUT2D eigenvalue weighted by molar-refractivity contribution is 4.86. The van der Waals surface area contributed by atoms with E-state index in [4.69, 9.17) is 5.73 Å². The van der Waals surface area contributed by atoms with Gasteiger partial charge in [0.05, 0.1) is 0 Å². The number of hydrogen-bond acceptors (Lipinski definition) is 3. The average molecular weight is 154 g/mol. The predicted octanol–water partition coefficient (Wildman–Crippen LogP) is 0.360. The molecule has 0 aliphatic rings. The van der Waals surface area contributed by atoms with E-state index in [-0.39, 0.29) is 0 Å². The number of hydrogen-bond donors (Lipinski definition) is 1. The molecule has 1 rings (SSSR count). The van der Waals surface area contributed by atoms with Crippen LogP contribution in [0.2, 0.25) is 0 Å². The third kappa shape index (κ3) is 1.77. The van der Waals surface area contributed by atoms with Gasteiger partial charge in [-0.05, 0) is 20.4 Å². The Bertz CT molecular complexity index is 216. The first kappa shape index (κ1) is 8.20. The van der Waals surface area contributed by atoms with E-state index in [1.165, 1.54) is 0 Å². The Morgan fingerprint density at radius 1 is 1.64 bits per heavy atom. The first-order valence-corrected chi connectivity index (χ1v) is 3.84. The van der Waals surface area contributed by atoms with E-state index >= 15 is 0 Å². The Kier molecular flexibility index (Phi) is 2.59. The van der Waals surface area contributed by atoms with Crippen LogP contribution in [0.25, 0.3) is 0 Å². The van der Waals surface area contributed by atoms with E-state index in [1.807, 2.05) is 4.68 Å². The predicted molar refractivity (Wildman–Crippen MR) is 43.2 cm³/mol. The highest BCUT2D eigenvalue weighted by Gasteiger charge is 2.04. The van der Waals surface area contributed by atoms with Crippen molar-refractivity contribution in [3.8, 4) is 0 Å². The van der Waals surface area contributed by atoms with Gasteiger partial charge in [-0.15, -0.1) is 0 Å². The summed E-state index contributed by atoms with van der Waals surface area (Å²) in [5.74, 6) is 0.975. The summed E-state index contributed by atoms with van der Waals surface area (Å²) in [6.45, 7) is 4.79. The molecule has 11 heavy (non-hydrogen) atoms. The second-order valence-corrected chi connectivity index (χ2v) is 2.75. The van der Waals surface area contributed by atoms with Gasteiger partial charge in [0.25, 0.3) is 0 Å². The smallest absolute Gasteiger partial charge is 0.138 e. The van der Waals surface area contributed by atoms with Gasteiger partial charge in [0.1, 0.15) is 12.2 Å². The van der Waals surface area contributed by atoms with Crippen molar-refractivity contribution in [2.45, 2.75) is 26.3 Å². The van der Waals surface area contributed by atoms with Crippen molar-refractivity contribution < 1.29 is 0 Å². The van der Waals surface area contributed by atoms with E-state index in [2.05, 4.69) is 23.9 Å². The third-order valence-corrected chi connectivity index (χ3v) is 1.50. The molecule has 2 N–H and O–H groups in total. The summed E-state index contributed by atoms with van der Waals surface area (Å²) < 4.78 is 1.90. The Morgan fingerprint density at radius 2 is 2.36 bits per heavy atom. The molecule has 0 saturated carbocycles. The van der Waals surface area contributed by atoms with Crippen LogP contribution in [0.15, 0.2) is 6.33 Å². The van der Waals surface area contributed by atoms with Crippen molar-refractivity contribution >= 4 is 0 Å². The lowest BCUT2D eigenvalue weighted by Gasteiger charge is -2.07. The quantitative estimate of drug-likeness (QED) is 0.684. The van der Waals surface area contributed by atoms with Crippen molar-refractivity contribution in [2.24, 2.45) is 5.73 Å². The molecular formula is C7H14N4. The highest BCUT2D eigenvalue weighted by atomic mass is 15.3. The van der Waals surface area contributed by atoms with E-state index in [0.29, 0.717) is 12.6 Å². The van der Waals surface area contributed by atoms with Crippen LogP contribution in [0.4, 0.5) is 0 Å². The SMILES string of the molecule is CC(C)n1ncnc1CCN. The third-order valence-electron chi connectivity index (χ3n) is 1.50. The van der Waals surface area contributed by atoms with Gasteiger partial charge in [-0.25, -0.2) is 9.67 Å². The minimum atomic E-state index is 0.374. The van der Waals surface area contributed by atoms with Crippen LogP contribution in [-0.2, 0) is 6.42 Å². The molecule has 1 aromatic heterocycles. The number of aromatic nitrogens is 3. The molecule has 0 aromatic carbocycles. The van der Waals surface area contributed by atoms with Crippen molar-refractivity contribution in [3.05, 3.63) is 12.2 Å². The van der Waals surface area contributed by atoms with Crippen LogP contribution in [-0.4, -0.2) is 21.3 Å². The van der Waals surface area contributed by atoms with Gasteiger partial charge in [0, 0.05) is 12.5 Å². The van der Waals surface area contributed by atoms with E-state index in [0.717, 1.165) is 12.2 Å². The Hall–Kier alpha value is -0.900. The van der Waals surface area contributed by atoms with Crippen LogP contribution in [0.5, 0.6) is 0 Å². The fraction of sp³-hybridized carbons (Fsp3) is 0.714. The molecule has 0 radical (unpaired) electrons. The zero-order valence-corrected chi connectivity index (χ0v) is 6.99. The molecule has 4 nitrogen and oxygen atoms in total. The Balaban J connectivity index is 2.78. The van der Waals surface area contributed by atoms with Gasteiger partial charge in [-0.2, -0.15) is 5.10 Å². The van der Waals surface area contributed by atoms with Gasteiger partial charge in [0.15, 0.2) is 0 Å². The summed E-state index contributed by atoms with van der Waals surface area (Å²) in [5, 5.41) is 4.08. The topological polar surface area (TPSA) is 56.7 Å². The standard InChI is InChI=1S/C7H14N4/c1-6(2)11-7(3-4-8)9-5-10-11/h5-6H,3-4,8H2,1-2H3. The molecule has 62 valence electrons. The van der Waals surface area contributed by atoms with Crippen LogP contribution < -0.4 is 5.73 Å². The average Bonchev–Trinajstić information content (AvgIpc) is 2.36. The fourth-order valence-electron chi connectivity index (χ4n) is 1.01. The molecule has 0 aliphatic heterocycles. The normalized spacial score (nSPS) is 10.9. The maximum Gasteiger partial charge on any atom is 0.138 e. The van der Waals surface area contributed by atoms with Crippen LogP contribution >= 0.6 is 0 Å². The molecule has 0 saturated heterocycles. The molecule has 0 atom stereocenters. The molecule has 1 aromatic rings. The van der Waals surface area contributed by atoms with Crippen LogP contribution in [0, 0.1) is 0 Å². The summed E-state index contributed by atoms with van der Waals surface area (Å²) in [6.07, 6.45) is 2.38. The summed E-state index contributed by atoms with van der Waals surface area (Å²) in [6, 6.07) is 0.374. The minimum absolute atomic E-state index is 0.374. The Morgan fingerprint density at radius 3 is 2.91 bits per heavy atom. The first-order chi connectivity index (χ1) is 5.25. The minimum Gasteiger partial charge on any atom is -0.330 e. The van der Waals surface area contributed by atoms with Gasteiger partial charge >= 0.3 is 0 Å². The van der Waals surface area contributed by atoms with Gasteiger partial charge in [-0.3, -0.25) is 0 Å². The number of rotatable bonds is 3. The molecular weight excluding hydrogens is 140 g/mol. The maximum atomic E-state index is 5.41. The summed E-state index contributed by atoms with van der Waals surface area (Å²) in [4.78, 5) is 4.10. The van der Waals surface area contributed by atoms with Gasteiger partial charge in [-0.1, -0.05) is 0 Å². The number of nitrogens with two attached hydrogens (primary N) is 1. The lowest BCUT2D eigenvalue weighted by atomic mass is 10.3. The van der Waals surface area contributed by atoms with Crippen LogP contribution in [0.1, 0.15) is 25.7 Å². The fourth-order valence-corrected chi connectivity index (χ4v) is 1.01. The van der Waals surface area contributed by atoms with E-state index < -0.39 is 0 Å². The second kappa shape index (κ2) is 3.48. The maximum absolute atomic E-state index is 5.41. The summed E-state index contributed by atoms with van der Waals surface area (Å²) in [7, 11) is 0. The van der Waals surface area contributed by atoms with Crippen molar-refractivity contribution in [3.63, 3.8) is 0 Å². The second-order valence-electron chi connectivity index (χ2n) is 2.75. The first-order valence-electron chi connectivity index (χ1n) is 3.84. The van der Waals surface area contributed by atoms with E-state index in [9.17, 15) is 0 Å². The van der Waals surface area contributed by atoms with Gasteiger partial charge < -0.3 is 5.73 Å².